The third-order valence-electron chi connectivity index (χ3n) is 5.24. The van der Waals surface area contributed by atoms with E-state index < -0.39 is 17.7 Å². The van der Waals surface area contributed by atoms with Gasteiger partial charge in [-0.1, -0.05) is 18.2 Å². The molecule has 0 amide bonds. The molecular formula is C24H22F3N3O2S. The quantitative estimate of drug-likeness (QED) is 0.378. The Kier molecular flexibility index (Phi) is 6.64. The summed E-state index contributed by atoms with van der Waals surface area (Å²) in [5, 5.41) is 4.12. The van der Waals surface area contributed by atoms with Crippen molar-refractivity contribution in [1.82, 2.24) is 14.3 Å². The maximum atomic E-state index is 13.3. The first-order chi connectivity index (χ1) is 15.7. The van der Waals surface area contributed by atoms with Crippen molar-refractivity contribution in [2.24, 2.45) is 0 Å². The Hall–Kier alpha value is -3.01. The van der Waals surface area contributed by atoms with Crippen molar-refractivity contribution in [2.45, 2.75) is 31.1 Å². The third-order valence-corrected chi connectivity index (χ3v) is 6.55. The number of halogens is 3. The molecule has 172 valence electrons. The van der Waals surface area contributed by atoms with Crippen LogP contribution in [0, 0.1) is 6.92 Å². The van der Waals surface area contributed by atoms with Gasteiger partial charge in [0.2, 0.25) is 0 Å². The summed E-state index contributed by atoms with van der Waals surface area (Å²) in [4.78, 5) is 4.66. The van der Waals surface area contributed by atoms with Crippen LogP contribution in [-0.4, -0.2) is 26.9 Å². The van der Waals surface area contributed by atoms with Gasteiger partial charge in [-0.05, 0) is 73.0 Å². The smallest absolute Gasteiger partial charge is 0.573 e. The molecule has 2 heterocycles. The molecule has 0 fully saturated rings. The maximum absolute atomic E-state index is 13.3. The highest BCUT2D eigenvalue weighted by molar-refractivity contribution is 7.90. The lowest BCUT2D eigenvalue weighted by atomic mass is 9.99. The minimum atomic E-state index is -4.72. The second-order valence-corrected chi connectivity index (χ2v) is 8.98. The van der Waals surface area contributed by atoms with Crippen LogP contribution >= 0.6 is 0 Å². The third kappa shape index (κ3) is 5.32. The van der Waals surface area contributed by atoms with Crippen molar-refractivity contribution in [3.63, 3.8) is 0 Å². The van der Waals surface area contributed by atoms with Crippen molar-refractivity contribution in [3.05, 3.63) is 89.4 Å². The fourth-order valence-corrected chi connectivity index (χ4v) is 4.86. The molecule has 33 heavy (non-hydrogen) atoms. The molecule has 2 aromatic carbocycles. The minimum absolute atomic E-state index is 0.239. The summed E-state index contributed by atoms with van der Waals surface area (Å²) >= 11 is -1.47. The Balaban J connectivity index is 1.69. The van der Waals surface area contributed by atoms with E-state index in [1.807, 2.05) is 31.4 Å². The van der Waals surface area contributed by atoms with Crippen molar-refractivity contribution in [2.75, 3.05) is 7.05 Å². The van der Waals surface area contributed by atoms with E-state index in [0.29, 0.717) is 23.4 Å². The molecule has 4 aromatic rings. The second-order valence-electron chi connectivity index (χ2n) is 7.61. The van der Waals surface area contributed by atoms with E-state index in [-0.39, 0.29) is 5.75 Å². The molecule has 1 unspecified atom stereocenters. The Morgan fingerprint density at radius 3 is 2.61 bits per heavy atom. The van der Waals surface area contributed by atoms with Crippen molar-refractivity contribution in [3.8, 4) is 5.75 Å². The average Bonchev–Trinajstić information content (AvgIpc) is 3.13. The Bertz CT molecular complexity index is 1260. The topological polar surface area (TPSA) is 62.1 Å². The summed E-state index contributed by atoms with van der Waals surface area (Å²) in [7, 11) is 1.85. The molecule has 4 rings (SSSR count). The largest absolute Gasteiger partial charge is 0.587 e. The van der Waals surface area contributed by atoms with E-state index in [4.69, 9.17) is 0 Å². The zero-order valence-electron chi connectivity index (χ0n) is 18.0. The standard InChI is InChI=1S/C24H22F3N3O2S/c1-16-10-20(32-24(25,26)27)7-6-18(16)11-17-5-8-22-19(13-28-2)15-30(23(22)12-17)33(31)21-4-3-9-29-14-21/h3-10,12,14-15,28H,11,13H2,1-2H3. The molecular weight excluding hydrogens is 451 g/mol. The van der Waals surface area contributed by atoms with Gasteiger partial charge in [0, 0.05) is 18.1 Å². The van der Waals surface area contributed by atoms with Crippen LogP contribution in [0.4, 0.5) is 13.2 Å². The highest BCUT2D eigenvalue weighted by Crippen LogP contribution is 2.29. The Morgan fingerprint density at radius 2 is 1.94 bits per heavy atom. The number of pyridine rings is 1. The number of hydrogen-bond acceptors (Lipinski definition) is 4. The van der Waals surface area contributed by atoms with Gasteiger partial charge in [-0.15, -0.1) is 13.2 Å². The molecule has 0 aliphatic heterocycles. The number of hydrogen-bond donors (Lipinski definition) is 1. The van der Waals surface area contributed by atoms with Gasteiger partial charge < -0.3 is 14.6 Å². The minimum Gasteiger partial charge on any atom is -0.587 e. The van der Waals surface area contributed by atoms with Crippen LogP contribution in [0.1, 0.15) is 22.3 Å². The summed E-state index contributed by atoms with van der Waals surface area (Å²) in [5.41, 5.74) is 4.36. The predicted octanol–water partition coefficient (Wildman–Crippen LogP) is 5.12. The number of rotatable bonds is 7. The number of benzene rings is 2. The summed E-state index contributed by atoms with van der Waals surface area (Å²) in [6.45, 7) is 2.37. The fourth-order valence-electron chi connectivity index (χ4n) is 3.74. The maximum Gasteiger partial charge on any atom is 0.573 e. The number of aromatic nitrogens is 2. The second kappa shape index (κ2) is 9.46. The number of ether oxygens (including phenoxy) is 1. The molecule has 0 saturated carbocycles. The summed E-state index contributed by atoms with van der Waals surface area (Å²) in [6.07, 6.45) is 0.881. The number of aryl methyl sites for hydroxylation is 1. The van der Waals surface area contributed by atoms with Crippen LogP contribution in [0.5, 0.6) is 5.75 Å². The molecule has 0 spiro atoms. The summed E-state index contributed by atoms with van der Waals surface area (Å²) < 4.78 is 56.5. The van der Waals surface area contributed by atoms with Crippen LogP contribution < -0.4 is 10.1 Å². The summed E-state index contributed by atoms with van der Waals surface area (Å²) in [5.74, 6) is -0.239. The molecule has 1 N–H and O–H groups in total. The average molecular weight is 474 g/mol. The molecule has 0 saturated heterocycles. The van der Waals surface area contributed by atoms with Gasteiger partial charge in [-0.2, -0.15) is 3.97 Å². The van der Waals surface area contributed by atoms with E-state index in [1.165, 1.54) is 12.1 Å². The number of nitrogens with zero attached hydrogens (tertiary/aromatic N) is 2. The Morgan fingerprint density at radius 1 is 1.12 bits per heavy atom. The first-order valence-electron chi connectivity index (χ1n) is 10.2. The van der Waals surface area contributed by atoms with Gasteiger partial charge in [-0.3, -0.25) is 4.98 Å². The first-order valence-corrected chi connectivity index (χ1v) is 11.3. The van der Waals surface area contributed by atoms with Gasteiger partial charge in [0.1, 0.15) is 17.1 Å². The van der Waals surface area contributed by atoms with Gasteiger partial charge in [0.15, 0.2) is 4.90 Å². The zero-order chi connectivity index (χ0) is 23.6. The molecule has 0 aliphatic rings. The van der Waals surface area contributed by atoms with E-state index in [1.54, 1.807) is 41.5 Å². The number of nitrogens with one attached hydrogen (secondary N) is 1. The normalized spacial score (nSPS) is 12.8. The molecule has 0 bridgehead atoms. The van der Waals surface area contributed by atoms with Crippen LogP contribution in [0.25, 0.3) is 10.9 Å². The fraction of sp³-hybridized carbons (Fsp3) is 0.208. The van der Waals surface area contributed by atoms with Crippen molar-refractivity contribution in [1.29, 1.82) is 0 Å². The van der Waals surface area contributed by atoms with Crippen LogP contribution in [0.15, 0.2) is 72.0 Å². The molecule has 1 atom stereocenters. The monoisotopic (exact) mass is 473 g/mol. The highest BCUT2D eigenvalue weighted by Gasteiger charge is 2.31. The van der Waals surface area contributed by atoms with E-state index >= 15 is 0 Å². The highest BCUT2D eigenvalue weighted by atomic mass is 32.2. The van der Waals surface area contributed by atoms with E-state index in [9.17, 15) is 17.7 Å². The molecule has 0 radical (unpaired) electrons. The number of fused-ring (bicyclic) bond motifs is 1. The molecule has 0 aliphatic carbocycles. The molecule has 5 nitrogen and oxygen atoms in total. The van der Waals surface area contributed by atoms with Gasteiger partial charge in [-0.25, -0.2) is 0 Å². The Labute approximate surface area is 192 Å². The van der Waals surface area contributed by atoms with E-state index in [0.717, 1.165) is 27.6 Å². The van der Waals surface area contributed by atoms with Gasteiger partial charge in [0.25, 0.3) is 0 Å². The van der Waals surface area contributed by atoms with E-state index in [2.05, 4.69) is 15.0 Å². The molecule has 2 aromatic heterocycles. The van der Waals surface area contributed by atoms with Crippen LogP contribution in [0.3, 0.4) is 0 Å². The zero-order valence-corrected chi connectivity index (χ0v) is 18.8. The van der Waals surface area contributed by atoms with Gasteiger partial charge >= 0.3 is 6.36 Å². The molecule has 9 heteroatoms. The van der Waals surface area contributed by atoms with Crippen LogP contribution in [-0.2, 0) is 24.3 Å². The van der Waals surface area contributed by atoms with Crippen molar-refractivity contribution >= 4 is 22.3 Å². The predicted molar refractivity (Wildman–Crippen MR) is 121 cm³/mol. The SMILES string of the molecule is CNCc1cn([S+]([O-])c2cccnc2)c2cc(Cc3ccc(OC(F)(F)F)cc3C)ccc12. The van der Waals surface area contributed by atoms with Crippen molar-refractivity contribution < 1.29 is 22.5 Å². The number of alkyl halides is 3. The summed E-state index contributed by atoms with van der Waals surface area (Å²) in [6, 6.07) is 13.8. The first kappa shape index (κ1) is 23.2. The van der Waals surface area contributed by atoms with Crippen LogP contribution in [0.2, 0.25) is 0 Å². The lowest BCUT2D eigenvalue weighted by Gasteiger charge is -2.13. The lowest BCUT2D eigenvalue weighted by molar-refractivity contribution is -0.274. The lowest BCUT2D eigenvalue weighted by Crippen LogP contribution is -2.17. The van der Waals surface area contributed by atoms with Gasteiger partial charge in [0.05, 0.1) is 17.9 Å².